The van der Waals surface area contributed by atoms with Crippen LogP contribution in [0.25, 0.3) is 0 Å². The number of hydrogen-bond acceptors (Lipinski definition) is 6. The van der Waals surface area contributed by atoms with Crippen molar-refractivity contribution in [2.75, 3.05) is 11.4 Å². The molecule has 0 aromatic carbocycles. The highest BCUT2D eigenvalue weighted by Crippen LogP contribution is 2.14. The third-order valence-corrected chi connectivity index (χ3v) is 4.66. The minimum Gasteiger partial charge on any atom is -0.336 e. The molecule has 1 radical (unpaired) electrons. The number of hydrogen-bond donors (Lipinski definition) is 0. The molecule has 0 spiro atoms. The molecular formula is C19H25N6S. The molecule has 0 aliphatic rings. The Hall–Kier alpha value is -2.28. The van der Waals surface area contributed by atoms with E-state index in [2.05, 4.69) is 57.4 Å². The number of nitrogens with zero attached hydrogens (tertiary/aromatic N) is 6. The molecule has 3 aromatic heterocycles. The minimum atomic E-state index is 0.574. The topological polar surface area (TPSA) is 59.7 Å². The molecule has 0 aliphatic carbocycles. The zero-order chi connectivity index (χ0) is 18.4. The lowest BCUT2D eigenvalue weighted by atomic mass is 10.2. The highest BCUT2D eigenvalue weighted by Gasteiger charge is 2.13. The summed E-state index contributed by atoms with van der Waals surface area (Å²) >= 11 is 1.51. The first kappa shape index (κ1) is 18.5. The second kappa shape index (κ2) is 8.89. The van der Waals surface area contributed by atoms with E-state index in [1.165, 1.54) is 16.9 Å². The van der Waals surface area contributed by atoms with Gasteiger partial charge in [-0.15, -0.1) is 11.3 Å². The lowest BCUT2D eigenvalue weighted by molar-refractivity contribution is 0.483. The van der Waals surface area contributed by atoms with Crippen molar-refractivity contribution >= 4 is 17.3 Å². The van der Waals surface area contributed by atoms with Crippen molar-refractivity contribution < 1.29 is 0 Å². The van der Waals surface area contributed by atoms with E-state index in [9.17, 15) is 0 Å². The van der Waals surface area contributed by atoms with Crippen LogP contribution in [-0.2, 0) is 25.9 Å². The van der Waals surface area contributed by atoms with Crippen LogP contribution in [-0.4, -0.2) is 31.3 Å². The molecule has 0 N–H and O–H groups in total. The molecule has 3 heterocycles. The van der Waals surface area contributed by atoms with Crippen LogP contribution >= 0.6 is 11.3 Å². The molecule has 7 heteroatoms. The van der Waals surface area contributed by atoms with Crippen molar-refractivity contribution in [2.45, 2.75) is 46.7 Å². The second-order valence-electron chi connectivity index (χ2n) is 6.81. The molecule has 6 nitrogen and oxygen atoms in total. The van der Waals surface area contributed by atoms with E-state index < -0.39 is 0 Å². The van der Waals surface area contributed by atoms with Gasteiger partial charge in [0.05, 0.1) is 11.9 Å². The van der Waals surface area contributed by atoms with E-state index >= 15 is 0 Å². The van der Waals surface area contributed by atoms with E-state index in [4.69, 9.17) is 0 Å². The van der Waals surface area contributed by atoms with Crippen molar-refractivity contribution in [2.24, 2.45) is 5.92 Å². The van der Waals surface area contributed by atoms with Gasteiger partial charge in [0.2, 0.25) is 5.95 Å². The van der Waals surface area contributed by atoms with Gasteiger partial charge in [0.1, 0.15) is 0 Å². The molecule has 3 aromatic rings. The SMILES string of the molecule is CCc1cnc(N(CCc2cs[c]n2)Cc2cnn(CC(C)C)c2)nc1. The second-order valence-corrected chi connectivity index (χ2v) is 7.47. The van der Waals surface area contributed by atoms with Gasteiger partial charge >= 0.3 is 0 Å². The number of aromatic nitrogens is 5. The Morgan fingerprint density at radius 2 is 2.00 bits per heavy atom. The van der Waals surface area contributed by atoms with Gasteiger partial charge in [-0.25, -0.2) is 15.0 Å². The molecule has 0 amide bonds. The average molecular weight is 370 g/mol. The van der Waals surface area contributed by atoms with Crippen molar-refractivity contribution in [3.63, 3.8) is 0 Å². The molecular weight excluding hydrogens is 344 g/mol. The summed E-state index contributed by atoms with van der Waals surface area (Å²) in [5, 5.41) is 6.52. The van der Waals surface area contributed by atoms with E-state index in [1.807, 2.05) is 28.7 Å². The fourth-order valence-corrected chi connectivity index (χ4v) is 3.23. The Kier molecular flexibility index (Phi) is 6.33. The molecule has 0 unspecified atom stereocenters. The summed E-state index contributed by atoms with van der Waals surface area (Å²) in [5.74, 6) is 1.32. The van der Waals surface area contributed by atoms with Crippen LogP contribution in [0.1, 0.15) is 37.6 Å². The summed E-state index contributed by atoms with van der Waals surface area (Å²) < 4.78 is 2.01. The normalized spacial score (nSPS) is 11.2. The fourth-order valence-electron chi connectivity index (χ4n) is 2.70. The first-order valence-corrected chi connectivity index (χ1v) is 9.89. The van der Waals surface area contributed by atoms with E-state index in [-0.39, 0.29) is 0 Å². The zero-order valence-electron chi connectivity index (χ0n) is 15.6. The van der Waals surface area contributed by atoms with Gasteiger partial charge in [0.15, 0.2) is 5.51 Å². The average Bonchev–Trinajstić information content (AvgIpc) is 3.30. The van der Waals surface area contributed by atoms with Gasteiger partial charge < -0.3 is 4.90 Å². The Morgan fingerprint density at radius 3 is 2.65 bits per heavy atom. The smallest absolute Gasteiger partial charge is 0.225 e. The summed E-state index contributed by atoms with van der Waals surface area (Å²) in [6.07, 6.45) is 9.66. The van der Waals surface area contributed by atoms with Crippen LogP contribution in [0.3, 0.4) is 0 Å². The van der Waals surface area contributed by atoms with Crippen LogP contribution in [0.15, 0.2) is 30.2 Å². The first-order valence-electron chi connectivity index (χ1n) is 9.01. The lowest BCUT2D eigenvalue weighted by Gasteiger charge is -2.21. The molecule has 0 saturated heterocycles. The number of thiazole rings is 1. The van der Waals surface area contributed by atoms with Gasteiger partial charge in [-0.1, -0.05) is 20.8 Å². The Labute approximate surface area is 158 Å². The van der Waals surface area contributed by atoms with Crippen molar-refractivity contribution in [1.82, 2.24) is 24.7 Å². The van der Waals surface area contributed by atoms with Crippen LogP contribution in [0.2, 0.25) is 0 Å². The fraction of sp³-hybridized carbons (Fsp3) is 0.474. The third-order valence-electron chi connectivity index (χ3n) is 4.07. The summed E-state index contributed by atoms with van der Waals surface area (Å²) in [6, 6.07) is 0. The zero-order valence-corrected chi connectivity index (χ0v) is 16.4. The quantitative estimate of drug-likeness (QED) is 0.578. The van der Waals surface area contributed by atoms with Gasteiger partial charge in [-0.2, -0.15) is 5.10 Å². The summed E-state index contributed by atoms with van der Waals surface area (Å²) in [5.41, 5.74) is 6.28. The van der Waals surface area contributed by atoms with Crippen molar-refractivity contribution in [1.29, 1.82) is 0 Å². The summed E-state index contributed by atoms with van der Waals surface area (Å²) in [4.78, 5) is 15.6. The Balaban J connectivity index is 1.73. The lowest BCUT2D eigenvalue weighted by Crippen LogP contribution is -2.27. The predicted molar refractivity (Wildman–Crippen MR) is 104 cm³/mol. The molecule has 0 bridgehead atoms. The van der Waals surface area contributed by atoms with Crippen LogP contribution in [0, 0.1) is 11.4 Å². The van der Waals surface area contributed by atoms with Crippen LogP contribution in [0.4, 0.5) is 5.95 Å². The maximum atomic E-state index is 4.56. The largest absolute Gasteiger partial charge is 0.336 e. The van der Waals surface area contributed by atoms with Gasteiger partial charge in [-0.05, 0) is 17.9 Å². The number of rotatable bonds is 9. The van der Waals surface area contributed by atoms with Gasteiger partial charge in [0.25, 0.3) is 0 Å². The first-order chi connectivity index (χ1) is 12.6. The predicted octanol–water partition coefficient (Wildman–Crippen LogP) is 3.40. The molecule has 0 fully saturated rings. The Bertz CT molecular complexity index is 779. The molecule has 26 heavy (non-hydrogen) atoms. The maximum absolute atomic E-state index is 4.56. The van der Waals surface area contributed by atoms with Gasteiger partial charge in [0, 0.05) is 55.6 Å². The molecule has 137 valence electrons. The van der Waals surface area contributed by atoms with E-state index in [0.29, 0.717) is 5.92 Å². The number of anilines is 1. The van der Waals surface area contributed by atoms with Crippen molar-refractivity contribution in [3.8, 4) is 0 Å². The van der Waals surface area contributed by atoms with Crippen molar-refractivity contribution in [3.05, 3.63) is 52.5 Å². The third kappa shape index (κ3) is 5.11. The van der Waals surface area contributed by atoms with E-state index in [0.717, 1.165) is 49.7 Å². The number of aryl methyl sites for hydroxylation is 1. The monoisotopic (exact) mass is 369 g/mol. The maximum Gasteiger partial charge on any atom is 0.225 e. The molecule has 3 rings (SSSR count). The molecule has 0 saturated carbocycles. The van der Waals surface area contributed by atoms with Crippen LogP contribution < -0.4 is 4.90 Å². The standard InChI is InChI=1S/C19H25N6S/c1-4-16-7-20-19(21-8-16)24(6-5-18-13-26-14-22-18)11-17-9-23-25(12-17)10-15(2)3/h7-9,12-13,15H,4-6,10-11H2,1-3H3. The molecule has 0 aliphatic heterocycles. The van der Waals surface area contributed by atoms with E-state index in [1.54, 1.807) is 0 Å². The summed E-state index contributed by atoms with van der Waals surface area (Å²) in [7, 11) is 0. The molecule has 0 atom stereocenters. The van der Waals surface area contributed by atoms with Gasteiger partial charge in [-0.3, -0.25) is 4.68 Å². The highest BCUT2D eigenvalue weighted by molar-refractivity contribution is 7.07. The summed E-state index contributed by atoms with van der Waals surface area (Å²) in [6.45, 7) is 8.97. The highest BCUT2D eigenvalue weighted by atomic mass is 32.1. The minimum absolute atomic E-state index is 0.574. The Morgan fingerprint density at radius 1 is 1.19 bits per heavy atom. The van der Waals surface area contributed by atoms with Crippen LogP contribution in [0.5, 0.6) is 0 Å².